The highest BCUT2D eigenvalue weighted by Gasteiger charge is 2.55. The van der Waals surface area contributed by atoms with Crippen molar-refractivity contribution in [1.29, 1.82) is 0 Å². The molecule has 2 heterocycles. The number of halogens is 2. The predicted molar refractivity (Wildman–Crippen MR) is 142 cm³/mol. The van der Waals surface area contributed by atoms with Gasteiger partial charge in [0.25, 0.3) is 5.91 Å². The van der Waals surface area contributed by atoms with Crippen LogP contribution in [0.1, 0.15) is 34.8 Å². The second kappa shape index (κ2) is 10.1. The highest BCUT2D eigenvalue weighted by molar-refractivity contribution is 6.30. The summed E-state index contributed by atoms with van der Waals surface area (Å²) in [5.41, 5.74) is 2.12. The van der Waals surface area contributed by atoms with Gasteiger partial charge in [-0.05, 0) is 54.8 Å². The van der Waals surface area contributed by atoms with Gasteiger partial charge in [-0.15, -0.1) is 0 Å². The van der Waals surface area contributed by atoms with Gasteiger partial charge in [-0.3, -0.25) is 4.79 Å². The quantitative estimate of drug-likeness (QED) is 0.396. The largest absolute Gasteiger partial charge is 0.493 e. The fraction of sp³-hybridized carbons (Fsp3) is 0.345. The Morgan fingerprint density at radius 1 is 0.946 bits per heavy atom. The number of likely N-dealkylation sites (tertiary alicyclic amines) is 1. The fourth-order valence-electron chi connectivity index (χ4n) is 5.80. The molecule has 3 aromatic carbocycles. The maximum atomic E-state index is 14.8. The Morgan fingerprint density at radius 2 is 1.57 bits per heavy atom. The number of piperidine rings is 1. The first kappa shape index (κ1) is 25.2. The minimum absolute atomic E-state index is 0.0000863. The molecule has 37 heavy (non-hydrogen) atoms. The Kier molecular flexibility index (Phi) is 6.90. The number of carbonyl (C=O) groups is 1. The van der Waals surface area contributed by atoms with Crippen LogP contribution in [-0.4, -0.2) is 51.8 Å². The first-order valence-corrected chi connectivity index (χ1v) is 12.6. The molecule has 1 amide bonds. The maximum Gasteiger partial charge on any atom is 0.254 e. The van der Waals surface area contributed by atoms with E-state index in [0.717, 1.165) is 24.9 Å². The second-order valence-corrected chi connectivity index (χ2v) is 10.0. The van der Waals surface area contributed by atoms with Crippen LogP contribution >= 0.6 is 11.6 Å². The molecule has 194 valence electrons. The molecule has 6 nitrogen and oxygen atoms in total. The van der Waals surface area contributed by atoms with Crippen molar-refractivity contribution in [3.8, 4) is 17.2 Å². The minimum Gasteiger partial charge on any atom is -0.493 e. The van der Waals surface area contributed by atoms with E-state index in [1.54, 1.807) is 18.2 Å². The zero-order valence-electron chi connectivity index (χ0n) is 21.2. The molecule has 5 rings (SSSR count). The Hall–Kier alpha value is -3.45. The topological polar surface area (TPSA) is 51.2 Å². The highest BCUT2D eigenvalue weighted by atomic mass is 35.5. The molecule has 0 saturated carbocycles. The number of nitrogens with zero attached hydrogens (tertiary/aromatic N) is 2. The molecule has 0 aliphatic carbocycles. The third kappa shape index (κ3) is 4.46. The number of benzene rings is 3. The van der Waals surface area contributed by atoms with E-state index in [-0.39, 0.29) is 23.2 Å². The summed E-state index contributed by atoms with van der Waals surface area (Å²) >= 11 is 6.16. The summed E-state index contributed by atoms with van der Waals surface area (Å²) in [6, 6.07) is 18.1. The van der Waals surface area contributed by atoms with E-state index in [0.29, 0.717) is 46.6 Å². The van der Waals surface area contributed by atoms with Gasteiger partial charge in [0.05, 0.1) is 33.1 Å². The molecule has 8 heteroatoms. The van der Waals surface area contributed by atoms with Crippen molar-refractivity contribution in [2.24, 2.45) is 5.41 Å². The van der Waals surface area contributed by atoms with Crippen LogP contribution in [0.5, 0.6) is 17.2 Å². The molecule has 2 fully saturated rings. The van der Waals surface area contributed by atoms with Gasteiger partial charge in [0.1, 0.15) is 5.82 Å². The van der Waals surface area contributed by atoms with Crippen LogP contribution in [0.15, 0.2) is 60.7 Å². The standard InChI is InChI=1S/C29H30ClFN2O4/c1-35-24-16-20(17-25(36-2)26(24)37-3)28(34)32-14-12-29(13-15-32)18-33(23-7-5-4-6-22(23)31)27(29)19-8-10-21(30)11-9-19/h4-11,16-17,27H,12-15,18H2,1-3H3. The van der Waals surface area contributed by atoms with Gasteiger partial charge >= 0.3 is 0 Å². The van der Waals surface area contributed by atoms with Gasteiger partial charge in [0, 0.05) is 35.6 Å². The molecular weight excluding hydrogens is 495 g/mol. The van der Waals surface area contributed by atoms with Crippen molar-refractivity contribution >= 4 is 23.2 Å². The average molecular weight is 525 g/mol. The van der Waals surface area contributed by atoms with E-state index in [2.05, 4.69) is 4.90 Å². The predicted octanol–water partition coefficient (Wildman–Crippen LogP) is 5.99. The van der Waals surface area contributed by atoms with Crippen molar-refractivity contribution < 1.29 is 23.4 Å². The number of methoxy groups -OCH3 is 3. The second-order valence-electron chi connectivity index (χ2n) is 9.60. The molecule has 2 aliphatic rings. The molecule has 0 N–H and O–H groups in total. The van der Waals surface area contributed by atoms with Gasteiger partial charge < -0.3 is 24.0 Å². The lowest BCUT2D eigenvalue weighted by molar-refractivity contribution is 0.0267. The summed E-state index contributed by atoms with van der Waals surface area (Å²) in [5, 5.41) is 0.667. The van der Waals surface area contributed by atoms with Crippen LogP contribution < -0.4 is 19.1 Å². The Labute approximate surface area is 221 Å². The zero-order valence-corrected chi connectivity index (χ0v) is 21.9. The fourth-order valence-corrected chi connectivity index (χ4v) is 5.92. The molecule has 0 radical (unpaired) electrons. The molecule has 1 atom stereocenters. The van der Waals surface area contributed by atoms with Gasteiger partial charge in [-0.25, -0.2) is 4.39 Å². The lowest BCUT2D eigenvalue weighted by atomic mass is 9.63. The third-order valence-electron chi connectivity index (χ3n) is 7.68. The van der Waals surface area contributed by atoms with Crippen molar-refractivity contribution in [2.75, 3.05) is 45.9 Å². The summed E-state index contributed by atoms with van der Waals surface area (Å²) in [7, 11) is 4.60. The number of carbonyl (C=O) groups excluding carboxylic acids is 1. The SMILES string of the molecule is COc1cc(C(=O)N2CCC3(CC2)CN(c2ccccc2F)C3c2ccc(Cl)cc2)cc(OC)c1OC. The Balaban J connectivity index is 1.38. The molecule has 3 aromatic rings. The zero-order chi connectivity index (χ0) is 26.2. The third-order valence-corrected chi connectivity index (χ3v) is 7.93. The van der Waals surface area contributed by atoms with Crippen LogP contribution in [-0.2, 0) is 0 Å². The van der Waals surface area contributed by atoms with E-state index < -0.39 is 0 Å². The van der Waals surface area contributed by atoms with Crippen LogP contribution in [0.2, 0.25) is 5.02 Å². The van der Waals surface area contributed by atoms with Crippen LogP contribution in [0.3, 0.4) is 0 Å². The molecule has 2 saturated heterocycles. The summed E-state index contributed by atoms with van der Waals surface area (Å²) in [5.74, 6) is 1.03. The van der Waals surface area contributed by atoms with Gasteiger partial charge in [-0.2, -0.15) is 0 Å². The summed E-state index contributed by atoms with van der Waals surface area (Å²) in [6.07, 6.45) is 1.61. The highest BCUT2D eigenvalue weighted by Crippen LogP contribution is 2.57. The first-order valence-electron chi connectivity index (χ1n) is 12.3. The normalized spacial score (nSPS) is 18.4. The molecule has 0 aromatic heterocycles. The molecule has 0 bridgehead atoms. The average Bonchev–Trinajstić information content (AvgIpc) is 2.92. The van der Waals surface area contributed by atoms with Crippen LogP contribution in [0.4, 0.5) is 10.1 Å². The maximum absolute atomic E-state index is 14.8. The van der Waals surface area contributed by atoms with E-state index in [9.17, 15) is 9.18 Å². The van der Waals surface area contributed by atoms with Crippen LogP contribution in [0.25, 0.3) is 0 Å². The number of para-hydroxylation sites is 1. The molecule has 2 aliphatic heterocycles. The van der Waals surface area contributed by atoms with Gasteiger partial charge in [-0.1, -0.05) is 35.9 Å². The molecular formula is C29H30ClFN2O4. The number of hydrogen-bond donors (Lipinski definition) is 0. The van der Waals surface area contributed by atoms with Crippen molar-refractivity contribution in [3.05, 3.63) is 82.6 Å². The number of anilines is 1. The smallest absolute Gasteiger partial charge is 0.254 e. The summed E-state index contributed by atoms with van der Waals surface area (Å²) < 4.78 is 31.0. The minimum atomic E-state index is -0.230. The van der Waals surface area contributed by atoms with Crippen molar-refractivity contribution in [3.63, 3.8) is 0 Å². The van der Waals surface area contributed by atoms with Gasteiger partial charge in [0.2, 0.25) is 5.75 Å². The number of rotatable bonds is 6. The lowest BCUT2D eigenvalue weighted by Gasteiger charge is -2.61. The van der Waals surface area contributed by atoms with E-state index >= 15 is 0 Å². The van der Waals surface area contributed by atoms with E-state index in [1.165, 1.54) is 27.4 Å². The van der Waals surface area contributed by atoms with Crippen LogP contribution in [0, 0.1) is 11.2 Å². The van der Waals surface area contributed by atoms with Crippen molar-refractivity contribution in [2.45, 2.75) is 18.9 Å². The summed E-state index contributed by atoms with van der Waals surface area (Å²) in [6.45, 7) is 1.93. The first-order chi connectivity index (χ1) is 17.9. The van der Waals surface area contributed by atoms with E-state index in [1.807, 2.05) is 41.3 Å². The van der Waals surface area contributed by atoms with Gasteiger partial charge in [0.15, 0.2) is 11.5 Å². The van der Waals surface area contributed by atoms with E-state index in [4.69, 9.17) is 25.8 Å². The number of amides is 1. The molecule has 1 spiro atoms. The molecule has 1 unspecified atom stereocenters. The Bertz CT molecular complexity index is 1270. The monoisotopic (exact) mass is 524 g/mol. The summed E-state index contributed by atoms with van der Waals surface area (Å²) in [4.78, 5) is 17.5. The Morgan fingerprint density at radius 3 is 2.14 bits per heavy atom. The number of ether oxygens (including phenoxy) is 3. The number of hydrogen-bond acceptors (Lipinski definition) is 5. The lowest BCUT2D eigenvalue weighted by Crippen LogP contribution is -2.63. The van der Waals surface area contributed by atoms with Crippen molar-refractivity contribution in [1.82, 2.24) is 4.90 Å².